The lowest BCUT2D eigenvalue weighted by Gasteiger charge is -2.33. The number of rotatable bonds is 11. The zero-order valence-electron chi connectivity index (χ0n) is 27.6. The summed E-state index contributed by atoms with van der Waals surface area (Å²) in [5.74, 6) is 0. The summed E-state index contributed by atoms with van der Waals surface area (Å²) >= 11 is 0. The van der Waals surface area contributed by atoms with Gasteiger partial charge in [0.2, 0.25) is 0 Å². The minimum absolute atomic E-state index is 0. The highest BCUT2D eigenvalue weighted by Gasteiger charge is 2.42. The van der Waals surface area contributed by atoms with Gasteiger partial charge in [-0.05, 0) is 101 Å². The van der Waals surface area contributed by atoms with Crippen LogP contribution in [-0.4, -0.2) is 15.0 Å². The second-order valence-corrected chi connectivity index (χ2v) is 13.3. The highest BCUT2D eigenvalue weighted by molar-refractivity contribution is 5.85. The maximum atomic E-state index is 6.18. The van der Waals surface area contributed by atoms with Crippen LogP contribution < -0.4 is 0 Å². The molecule has 0 atom stereocenters. The number of hydrogen-bond donors (Lipinski definition) is 0. The highest BCUT2D eigenvalue weighted by atomic mass is 16.5. The van der Waals surface area contributed by atoms with Gasteiger partial charge in [-0.3, -0.25) is 0 Å². The summed E-state index contributed by atoms with van der Waals surface area (Å²) in [5, 5.41) is 0. The Hall–Kier alpha value is -3.10. The van der Waals surface area contributed by atoms with Crippen molar-refractivity contribution in [1.29, 1.82) is 0 Å². The minimum Gasteiger partial charge on any atom is -0.376 e. The smallest absolute Gasteiger partial charge is 0.0723 e. The van der Waals surface area contributed by atoms with Gasteiger partial charge >= 0.3 is 0 Å². The second-order valence-electron chi connectivity index (χ2n) is 13.3. The van der Waals surface area contributed by atoms with Gasteiger partial charge < -0.3 is 4.74 Å². The van der Waals surface area contributed by atoms with E-state index >= 15 is 0 Å². The van der Waals surface area contributed by atoms with E-state index in [2.05, 4.69) is 100 Å². The Balaban J connectivity index is 0.00000384. The lowest BCUT2D eigenvalue weighted by atomic mass is 9.70. The fraction of sp³-hybridized carbons (Fsp3) is 0.429. The van der Waals surface area contributed by atoms with Crippen molar-refractivity contribution in [3.05, 3.63) is 106 Å². The van der Waals surface area contributed by atoms with Crippen molar-refractivity contribution in [2.75, 3.05) is 6.61 Å². The zero-order chi connectivity index (χ0) is 29.8. The molecule has 3 radical (unpaired) electrons. The predicted octanol–water partition coefficient (Wildman–Crippen LogP) is 11.5. The van der Waals surface area contributed by atoms with E-state index in [9.17, 15) is 0 Å². The summed E-state index contributed by atoms with van der Waals surface area (Å²) < 4.78 is 6.18. The van der Waals surface area contributed by atoms with Gasteiger partial charge in [-0.15, -0.1) is 0 Å². The Kier molecular flexibility index (Phi) is 10.5. The third-order valence-electron chi connectivity index (χ3n) is 10.2. The molecule has 0 fully saturated rings. The summed E-state index contributed by atoms with van der Waals surface area (Å²) in [4.78, 5) is 0. The van der Waals surface area contributed by atoms with Gasteiger partial charge in [0.05, 0.1) is 13.2 Å². The Morgan fingerprint density at radius 2 is 1.11 bits per heavy atom. The Bertz CT molecular complexity index is 1570. The molecule has 0 bridgehead atoms. The zero-order valence-corrected chi connectivity index (χ0v) is 27.6. The summed E-state index contributed by atoms with van der Waals surface area (Å²) in [5.41, 5.74) is 16.9. The van der Waals surface area contributed by atoms with Crippen LogP contribution in [-0.2, 0) is 23.2 Å². The van der Waals surface area contributed by atoms with Crippen molar-refractivity contribution in [3.63, 3.8) is 0 Å². The molecule has 1 heterocycles. The molecule has 4 aromatic rings. The monoisotopic (exact) mass is 581 g/mol. The molecule has 0 N–H and O–H groups in total. The predicted molar refractivity (Wildman–Crippen MR) is 190 cm³/mol. The van der Waals surface area contributed by atoms with Gasteiger partial charge in [0.1, 0.15) is 0 Å². The standard InChI is InChI=1S/C42H50O.B/c1-5-7-9-11-22-42(23-12-10-8-6-2)40-26-31(4)14-18-38(40)39-20-16-33(28-41(39)42)32-15-19-37-35(27-32)29-43-24-21-34-25-30(3)13-17-36(34)37;/h13-20,25-28H,5-12,21-24,29H2,1-4H3;. The first-order chi connectivity index (χ1) is 21.0. The van der Waals surface area contributed by atoms with Crippen LogP contribution >= 0.6 is 0 Å². The first-order valence-corrected chi connectivity index (χ1v) is 17.1. The van der Waals surface area contributed by atoms with Gasteiger partial charge in [-0.2, -0.15) is 0 Å². The van der Waals surface area contributed by atoms with Crippen LogP contribution in [0.1, 0.15) is 111 Å². The van der Waals surface area contributed by atoms with Crippen molar-refractivity contribution in [1.82, 2.24) is 0 Å². The first-order valence-electron chi connectivity index (χ1n) is 17.1. The average molecular weight is 582 g/mol. The van der Waals surface area contributed by atoms with E-state index in [1.54, 1.807) is 11.1 Å². The Morgan fingerprint density at radius 1 is 0.568 bits per heavy atom. The van der Waals surface area contributed by atoms with E-state index in [-0.39, 0.29) is 13.8 Å². The van der Waals surface area contributed by atoms with Crippen molar-refractivity contribution in [3.8, 4) is 33.4 Å². The Morgan fingerprint density at radius 3 is 1.80 bits per heavy atom. The third-order valence-corrected chi connectivity index (χ3v) is 10.2. The number of fused-ring (bicyclic) bond motifs is 6. The summed E-state index contributed by atoms with van der Waals surface area (Å²) in [6, 6.07) is 28.6. The molecule has 227 valence electrons. The second kappa shape index (κ2) is 14.3. The molecule has 0 amide bonds. The molecule has 2 heteroatoms. The van der Waals surface area contributed by atoms with Crippen LogP contribution in [0.2, 0.25) is 0 Å². The molecule has 0 unspecified atom stereocenters. The Labute approximate surface area is 269 Å². The maximum absolute atomic E-state index is 6.18. The van der Waals surface area contributed by atoms with Crippen LogP contribution in [0, 0.1) is 13.8 Å². The van der Waals surface area contributed by atoms with Gasteiger partial charge in [-0.1, -0.05) is 137 Å². The summed E-state index contributed by atoms with van der Waals surface area (Å²) in [6.45, 7) is 10.5. The molecular weight excluding hydrogens is 531 g/mol. The van der Waals surface area contributed by atoms with E-state index in [0.717, 1.165) is 13.0 Å². The SMILES string of the molecule is CCCCCCC1(CCCCCC)c2cc(C)ccc2-c2ccc(-c3ccc4c(c3)COCCc3cc(C)ccc3-4)cc21.[B]. The van der Waals surface area contributed by atoms with Crippen LogP contribution in [0.3, 0.4) is 0 Å². The first kappa shape index (κ1) is 32.3. The van der Waals surface area contributed by atoms with E-state index < -0.39 is 0 Å². The third kappa shape index (κ3) is 6.34. The molecule has 44 heavy (non-hydrogen) atoms. The number of benzene rings is 4. The van der Waals surface area contributed by atoms with Gasteiger partial charge in [-0.25, -0.2) is 0 Å². The highest BCUT2D eigenvalue weighted by Crippen LogP contribution is 2.55. The molecule has 0 spiro atoms. The topological polar surface area (TPSA) is 9.23 Å². The summed E-state index contributed by atoms with van der Waals surface area (Å²) in [6.07, 6.45) is 14.0. The largest absolute Gasteiger partial charge is 0.376 e. The van der Waals surface area contributed by atoms with Crippen LogP contribution in [0.5, 0.6) is 0 Å². The number of unbranched alkanes of at least 4 members (excludes halogenated alkanes) is 6. The van der Waals surface area contributed by atoms with Crippen LogP contribution in [0.25, 0.3) is 33.4 Å². The van der Waals surface area contributed by atoms with E-state index in [4.69, 9.17) is 4.74 Å². The van der Waals surface area contributed by atoms with Gasteiger partial charge in [0, 0.05) is 13.8 Å². The van der Waals surface area contributed by atoms with Crippen molar-refractivity contribution in [2.24, 2.45) is 0 Å². The molecule has 6 rings (SSSR count). The fourth-order valence-electron chi connectivity index (χ4n) is 7.87. The average Bonchev–Trinajstić information content (AvgIpc) is 3.27. The minimum atomic E-state index is 0. The number of hydrogen-bond acceptors (Lipinski definition) is 1. The van der Waals surface area contributed by atoms with E-state index in [1.165, 1.54) is 120 Å². The number of aryl methyl sites for hydroxylation is 2. The van der Waals surface area contributed by atoms with Crippen molar-refractivity contribution >= 4 is 8.41 Å². The molecule has 0 saturated heterocycles. The fourth-order valence-corrected chi connectivity index (χ4v) is 7.87. The molecular formula is C42H50BO. The normalized spacial score (nSPS) is 14.5. The molecule has 1 nitrogen and oxygen atoms in total. The van der Waals surface area contributed by atoms with Gasteiger partial charge in [0.25, 0.3) is 0 Å². The lowest BCUT2D eigenvalue weighted by Crippen LogP contribution is -2.25. The molecule has 0 aromatic heterocycles. The molecule has 1 aliphatic carbocycles. The maximum Gasteiger partial charge on any atom is 0.0723 e. The molecule has 4 aromatic carbocycles. The van der Waals surface area contributed by atoms with Crippen LogP contribution in [0.15, 0.2) is 72.8 Å². The summed E-state index contributed by atoms with van der Waals surface area (Å²) in [7, 11) is 0. The van der Waals surface area contributed by atoms with Gasteiger partial charge in [0.15, 0.2) is 0 Å². The van der Waals surface area contributed by atoms with E-state index in [0.29, 0.717) is 6.61 Å². The van der Waals surface area contributed by atoms with E-state index in [1.807, 2.05) is 0 Å². The van der Waals surface area contributed by atoms with Crippen LogP contribution in [0.4, 0.5) is 0 Å². The molecule has 2 aliphatic rings. The molecule has 0 saturated carbocycles. The quantitative estimate of drug-likeness (QED) is 0.126. The van der Waals surface area contributed by atoms with Crippen molar-refractivity contribution < 1.29 is 4.74 Å². The number of ether oxygens (including phenoxy) is 1. The van der Waals surface area contributed by atoms with Crippen molar-refractivity contribution in [2.45, 2.75) is 110 Å². The molecule has 1 aliphatic heterocycles. The lowest BCUT2D eigenvalue weighted by molar-refractivity contribution is 0.123.